The van der Waals surface area contributed by atoms with Gasteiger partial charge in [-0.15, -0.1) is 16.8 Å². The van der Waals surface area contributed by atoms with Crippen LogP contribution in [0.5, 0.6) is 0 Å². The Balaban J connectivity index is 2.14. The van der Waals surface area contributed by atoms with Crippen LogP contribution in [0.1, 0.15) is 20.3 Å². The van der Waals surface area contributed by atoms with Gasteiger partial charge in [0.2, 0.25) is 5.91 Å². The van der Waals surface area contributed by atoms with Crippen molar-refractivity contribution in [2.75, 3.05) is 5.75 Å². The van der Waals surface area contributed by atoms with Gasteiger partial charge >= 0.3 is 0 Å². The van der Waals surface area contributed by atoms with Gasteiger partial charge < -0.3 is 5.32 Å². The van der Waals surface area contributed by atoms with E-state index in [2.05, 4.69) is 22.1 Å². The summed E-state index contributed by atoms with van der Waals surface area (Å²) in [5.74, 6) is 1.03. The summed E-state index contributed by atoms with van der Waals surface area (Å²) in [6.07, 6.45) is 2.69. The molecule has 1 N–H and O–H groups in total. The van der Waals surface area contributed by atoms with Crippen LogP contribution in [0.25, 0.3) is 11.4 Å². The lowest BCUT2D eigenvalue weighted by atomic mass is 10.2. The molecule has 0 fully saturated rings. The Morgan fingerprint density at radius 2 is 2.12 bits per heavy atom. The maximum atomic E-state index is 11.9. The summed E-state index contributed by atoms with van der Waals surface area (Å²) in [6, 6.07) is 7.60. The highest BCUT2D eigenvalue weighted by Gasteiger charge is 2.15. The van der Waals surface area contributed by atoms with Crippen LogP contribution in [0, 0.1) is 0 Å². The Labute approximate surface area is 151 Å². The molecule has 2 aromatic rings. The molecule has 1 aromatic carbocycles. The van der Waals surface area contributed by atoms with Crippen LogP contribution >= 0.6 is 23.4 Å². The number of aromatic nitrogens is 3. The summed E-state index contributed by atoms with van der Waals surface area (Å²) >= 11 is 7.31. The van der Waals surface area contributed by atoms with E-state index in [0.29, 0.717) is 22.5 Å². The van der Waals surface area contributed by atoms with Crippen molar-refractivity contribution < 1.29 is 4.79 Å². The molecule has 1 amide bonds. The number of carbonyl (C=O) groups excluding carboxylic acids is 1. The van der Waals surface area contributed by atoms with Crippen LogP contribution in [0.3, 0.4) is 0 Å². The van der Waals surface area contributed by atoms with Crippen LogP contribution in [0.2, 0.25) is 5.02 Å². The monoisotopic (exact) mass is 364 g/mol. The molecule has 0 aliphatic rings. The summed E-state index contributed by atoms with van der Waals surface area (Å²) in [5, 5.41) is 12.8. The van der Waals surface area contributed by atoms with Crippen LogP contribution in [-0.4, -0.2) is 32.5 Å². The Morgan fingerprint density at radius 3 is 2.75 bits per heavy atom. The molecule has 0 spiro atoms. The van der Waals surface area contributed by atoms with Gasteiger partial charge in [0.1, 0.15) is 0 Å². The van der Waals surface area contributed by atoms with E-state index in [1.165, 1.54) is 11.8 Å². The smallest absolute Gasteiger partial charge is 0.230 e. The van der Waals surface area contributed by atoms with E-state index in [4.69, 9.17) is 11.6 Å². The van der Waals surface area contributed by atoms with Gasteiger partial charge in [-0.1, -0.05) is 36.4 Å². The first-order valence-corrected chi connectivity index (χ1v) is 9.13. The predicted molar refractivity (Wildman–Crippen MR) is 99.3 cm³/mol. The Kier molecular flexibility index (Phi) is 6.87. The first-order chi connectivity index (χ1) is 11.5. The Hall–Kier alpha value is -1.79. The van der Waals surface area contributed by atoms with Gasteiger partial charge in [0.15, 0.2) is 11.0 Å². The van der Waals surface area contributed by atoms with Crippen LogP contribution < -0.4 is 5.32 Å². The van der Waals surface area contributed by atoms with Gasteiger partial charge in [-0.05, 0) is 37.6 Å². The number of allylic oxidation sites excluding steroid dienone is 1. The minimum absolute atomic E-state index is 0.00412. The van der Waals surface area contributed by atoms with Crippen LogP contribution in [0.4, 0.5) is 0 Å². The lowest BCUT2D eigenvalue weighted by Gasteiger charge is -2.11. The summed E-state index contributed by atoms with van der Waals surface area (Å²) in [5.41, 5.74) is 0.921. The molecule has 0 saturated heterocycles. The van der Waals surface area contributed by atoms with Crippen molar-refractivity contribution in [3.05, 3.63) is 41.9 Å². The van der Waals surface area contributed by atoms with Crippen molar-refractivity contribution >= 4 is 29.3 Å². The fourth-order valence-corrected chi connectivity index (χ4v) is 2.94. The van der Waals surface area contributed by atoms with Gasteiger partial charge in [0.25, 0.3) is 0 Å². The zero-order chi connectivity index (χ0) is 17.5. The van der Waals surface area contributed by atoms with Gasteiger partial charge in [0.05, 0.1) is 5.75 Å². The number of nitrogens with one attached hydrogen (secondary N) is 1. The van der Waals surface area contributed by atoms with Crippen molar-refractivity contribution in [1.82, 2.24) is 20.1 Å². The predicted octanol–water partition coefficient (Wildman–Crippen LogP) is 3.79. The number of amides is 1. The van der Waals surface area contributed by atoms with E-state index in [9.17, 15) is 4.79 Å². The van der Waals surface area contributed by atoms with Crippen molar-refractivity contribution in [2.24, 2.45) is 0 Å². The van der Waals surface area contributed by atoms with E-state index in [1.807, 2.05) is 42.7 Å². The zero-order valence-electron chi connectivity index (χ0n) is 13.8. The second kappa shape index (κ2) is 8.89. The minimum atomic E-state index is -0.00412. The summed E-state index contributed by atoms with van der Waals surface area (Å²) in [4.78, 5) is 11.9. The summed E-state index contributed by atoms with van der Waals surface area (Å²) in [7, 11) is 0. The van der Waals surface area contributed by atoms with Crippen LogP contribution in [-0.2, 0) is 11.3 Å². The van der Waals surface area contributed by atoms with Crippen molar-refractivity contribution in [3.63, 3.8) is 0 Å². The standard InChI is InChI=1S/C17H21ClN4OS/c1-4-10-22-16(13-6-8-14(18)9-7-13)20-21-17(22)24-11-15(23)19-12(3)5-2/h4,6-9,12H,1,5,10-11H2,2-3H3,(H,19,23)/t12-/m0/s1. The van der Waals surface area contributed by atoms with E-state index in [-0.39, 0.29) is 11.9 Å². The highest BCUT2D eigenvalue weighted by atomic mass is 35.5. The van der Waals surface area contributed by atoms with Crippen LogP contribution in [0.15, 0.2) is 42.1 Å². The SMILES string of the molecule is C=CCn1c(SCC(=O)N[C@@H](C)CC)nnc1-c1ccc(Cl)cc1. The normalized spacial score (nSPS) is 12.0. The molecule has 1 aromatic heterocycles. The van der Waals surface area contributed by atoms with E-state index >= 15 is 0 Å². The number of benzene rings is 1. The number of carbonyl (C=O) groups is 1. The minimum Gasteiger partial charge on any atom is -0.353 e. The van der Waals surface area contributed by atoms with Gasteiger partial charge in [-0.25, -0.2) is 0 Å². The topological polar surface area (TPSA) is 59.8 Å². The Bertz CT molecular complexity index is 699. The van der Waals surface area contributed by atoms with Crippen molar-refractivity contribution in [3.8, 4) is 11.4 Å². The molecule has 0 bridgehead atoms. The molecular formula is C17H21ClN4OS. The summed E-state index contributed by atoms with van der Waals surface area (Å²) in [6.45, 7) is 8.38. The number of hydrogen-bond donors (Lipinski definition) is 1. The number of halogens is 1. The molecule has 0 unspecified atom stereocenters. The quantitative estimate of drug-likeness (QED) is 0.571. The fourth-order valence-electron chi connectivity index (χ4n) is 2.05. The molecule has 7 heteroatoms. The third-order valence-corrected chi connectivity index (χ3v) is 4.70. The molecule has 0 aliphatic carbocycles. The zero-order valence-corrected chi connectivity index (χ0v) is 15.4. The highest BCUT2D eigenvalue weighted by molar-refractivity contribution is 7.99. The van der Waals surface area contributed by atoms with Crippen molar-refractivity contribution in [1.29, 1.82) is 0 Å². The molecule has 128 valence electrons. The molecule has 24 heavy (non-hydrogen) atoms. The molecular weight excluding hydrogens is 344 g/mol. The largest absolute Gasteiger partial charge is 0.353 e. The fraction of sp³-hybridized carbons (Fsp3) is 0.353. The maximum absolute atomic E-state index is 11.9. The lowest BCUT2D eigenvalue weighted by Crippen LogP contribution is -2.33. The van der Waals surface area contributed by atoms with Gasteiger partial charge in [-0.3, -0.25) is 9.36 Å². The summed E-state index contributed by atoms with van der Waals surface area (Å²) < 4.78 is 1.94. The average molecular weight is 365 g/mol. The first-order valence-electron chi connectivity index (χ1n) is 7.77. The van der Waals surface area contributed by atoms with Gasteiger partial charge in [0, 0.05) is 23.2 Å². The van der Waals surface area contributed by atoms with E-state index < -0.39 is 0 Å². The number of nitrogens with zero attached hydrogens (tertiary/aromatic N) is 3. The molecule has 1 atom stereocenters. The number of thioether (sulfide) groups is 1. The lowest BCUT2D eigenvalue weighted by molar-refractivity contribution is -0.119. The van der Waals surface area contributed by atoms with E-state index in [1.54, 1.807) is 6.08 Å². The van der Waals surface area contributed by atoms with E-state index in [0.717, 1.165) is 17.8 Å². The van der Waals surface area contributed by atoms with Gasteiger partial charge in [-0.2, -0.15) is 0 Å². The molecule has 0 aliphatic heterocycles. The second-order valence-electron chi connectivity index (χ2n) is 5.38. The second-order valence-corrected chi connectivity index (χ2v) is 6.76. The highest BCUT2D eigenvalue weighted by Crippen LogP contribution is 2.25. The Morgan fingerprint density at radius 1 is 1.42 bits per heavy atom. The number of rotatable bonds is 8. The number of hydrogen-bond acceptors (Lipinski definition) is 4. The average Bonchev–Trinajstić information content (AvgIpc) is 2.97. The molecule has 2 rings (SSSR count). The third kappa shape index (κ3) is 4.85. The first kappa shape index (κ1) is 18.5. The molecule has 0 saturated carbocycles. The third-order valence-electron chi connectivity index (χ3n) is 3.48. The van der Waals surface area contributed by atoms with Crippen molar-refractivity contribution in [2.45, 2.75) is 38.0 Å². The molecule has 5 nitrogen and oxygen atoms in total. The molecule has 1 heterocycles. The molecule has 0 radical (unpaired) electrons. The maximum Gasteiger partial charge on any atom is 0.230 e.